The van der Waals surface area contributed by atoms with Gasteiger partial charge in [0.1, 0.15) is 11.4 Å². The summed E-state index contributed by atoms with van der Waals surface area (Å²) in [5, 5.41) is 11.6. The molecule has 40 heavy (non-hydrogen) atoms. The number of rotatable bonds is 4. The van der Waals surface area contributed by atoms with Crippen LogP contribution in [0.1, 0.15) is 40.3 Å². The SMILES string of the molecule is C[C@@H](NC(=O)c1c(N)nn2cccnc12)c1nc2cccc(C#Cc3cnn(C)c3)c2c(=O)n1-c1ccccc1. The van der Waals surface area contributed by atoms with E-state index in [1.165, 1.54) is 9.08 Å². The number of anilines is 1. The lowest BCUT2D eigenvalue weighted by Gasteiger charge is -2.20. The molecule has 11 nitrogen and oxygen atoms in total. The molecule has 0 aliphatic carbocycles. The Balaban J connectivity index is 1.48. The maximum Gasteiger partial charge on any atom is 0.267 e. The second kappa shape index (κ2) is 9.85. The highest BCUT2D eigenvalue weighted by Crippen LogP contribution is 2.22. The number of hydrogen-bond acceptors (Lipinski definition) is 7. The van der Waals surface area contributed by atoms with Crippen LogP contribution in [0, 0.1) is 11.8 Å². The minimum Gasteiger partial charge on any atom is -0.381 e. The van der Waals surface area contributed by atoms with Crippen LogP contribution in [0.3, 0.4) is 0 Å². The van der Waals surface area contributed by atoms with Gasteiger partial charge in [0.25, 0.3) is 11.5 Å². The van der Waals surface area contributed by atoms with Crippen molar-refractivity contribution in [1.82, 2.24) is 39.2 Å². The topological polar surface area (TPSA) is 138 Å². The minimum atomic E-state index is -0.687. The number of benzene rings is 2. The fourth-order valence-corrected chi connectivity index (χ4v) is 4.55. The maximum atomic E-state index is 14.1. The number of nitrogens with two attached hydrogens (primary N) is 1. The largest absolute Gasteiger partial charge is 0.381 e. The van der Waals surface area contributed by atoms with Crippen LogP contribution in [-0.4, -0.2) is 39.8 Å². The first kappa shape index (κ1) is 24.6. The third-order valence-electron chi connectivity index (χ3n) is 6.37. The quantitative estimate of drug-likeness (QED) is 0.335. The Morgan fingerprint density at radius 3 is 2.67 bits per heavy atom. The van der Waals surface area contributed by atoms with E-state index in [2.05, 4.69) is 32.3 Å². The molecule has 0 spiro atoms. The Labute approximate surface area is 227 Å². The van der Waals surface area contributed by atoms with E-state index >= 15 is 0 Å². The molecular weight excluding hydrogens is 506 g/mol. The number of nitrogen functional groups attached to an aromatic ring is 1. The molecule has 0 bridgehead atoms. The van der Waals surface area contributed by atoms with Gasteiger partial charge in [-0.1, -0.05) is 36.1 Å². The summed E-state index contributed by atoms with van der Waals surface area (Å²) >= 11 is 0. The van der Waals surface area contributed by atoms with Crippen LogP contribution in [0.15, 0.2) is 84.2 Å². The molecule has 0 saturated heterocycles. The summed E-state index contributed by atoms with van der Waals surface area (Å²) < 4.78 is 4.60. The predicted molar refractivity (Wildman–Crippen MR) is 150 cm³/mol. The molecule has 0 fully saturated rings. The molecular formula is C29H23N9O2. The Morgan fingerprint density at radius 1 is 1.07 bits per heavy atom. The number of fused-ring (bicyclic) bond motifs is 2. The molecule has 0 radical (unpaired) electrons. The maximum absolute atomic E-state index is 14.1. The third-order valence-corrected chi connectivity index (χ3v) is 6.37. The Morgan fingerprint density at radius 2 is 1.90 bits per heavy atom. The number of nitrogens with zero attached hydrogens (tertiary/aromatic N) is 7. The summed E-state index contributed by atoms with van der Waals surface area (Å²) in [6.07, 6.45) is 6.68. The first-order chi connectivity index (χ1) is 19.4. The number of carbonyl (C=O) groups excluding carboxylic acids is 1. The number of carbonyl (C=O) groups is 1. The number of aromatic nitrogens is 7. The van der Waals surface area contributed by atoms with Gasteiger partial charge in [0.15, 0.2) is 11.5 Å². The number of nitrogens with one attached hydrogen (secondary N) is 1. The summed E-state index contributed by atoms with van der Waals surface area (Å²) in [7, 11) is 1.81. The minimum absolute atomic E-state index is 0.0483. The van der Waals surface area contributed by atoms with Crippen molar-refractivity contribution in [3.05, 3.63) is 112 Å². The highest BCUT2D eigenvalue weighted by molar-refractivity contribution is 6.04. The highest BCUT2D eigenvalue weighted by Gasteiger charge is 2.24. The average molecular weight is 530 g/mol. The Bertz CT molecular complexity index is 2030. The van der Waals surface area contributed by atoms with E-state index in [-0.39, 0.29) is 16.9 Å². The van der Waals surface area contributed by atoms with Crippen molar-refractivity contribution in [3.8, 4) is 17.5 Å². The first-order valence-electron chi connectivity index (χ1n) is 12.4. The third kappa shape index (κ3) is 4.33. The van der Waals surface area contributed by atoms with Crippen molar-refractivity contribution in [2.45, 2.75) is 13.0 Å². The molecule has 0 aliphatic rings. The van der Waals surface area contributed by atoms with E-state index in [0.717, 1.165) is 5.56 Å². The zero-order valence-electron chi connectivity index (χ0n) is 21.6. The zero-order chi connectivity index (χ0) is 27.8. The van der Waals surface area contributed by atoms with Gasteiger partial charge < -0.3 is 11.1 Å². The summed E-state index contributed by atoms with van der Waals surface area (Å²) in [4.78, 5) is 36.6. The van der Waals surface area contributed by atoms with Crippen molar-refractivity contribution in [2.75, 3.05) is 5.73 Å². The molecule has 1 amide bonds. The summed E-state index contributed by atoms with van der Waals surface area (Å²) in [6, 6.07) is 15.5. The van der Waals surface area contributed by atoms with Gasteiger partial charge in [-0.2, -0.15) is 5.10 Å². The lowest BCUT2D eigenvalue weighted by atomic mass is 10.1. The summed E-state index contributed by atoms with van der Waals surface area (Å²) in [5.41, 5.74) is 8.55. The van der Waals surface area contributed by atoms with E-state index in [1.54, 1.807) is 60.7 Å². The number of para-hydroxylation sites is 1. The van der Waals surface area contributed by atoms with Crippen molar-refractivity contribution in [1.29, 1.82) is 0 Å². The fourth-order valence-electron chi connectivity index (χ4n) is 4.55. The van der Waals surface area contributed by atoms with Crippen molar-refractivity contribution >= 4 is 28.3 Å². The van der Waals surface area contributed by atoms with Gasteiger partial charge in [-0.15, -0.1) is 5.10 Å². The Hall–Kier alpha value is -5.76. The normalized spacial score (nSPS) is 11.8. The molecule has 2 aromatic carbocycles. The molecule has 6 rings (SSSR count). The number of amides is 1. The van der Waals surface area contributed by atoms with Crippen LogP contribution >= 0.6 is 0 Å². The molecule has 4 heterocycles. The van der Waals surface area contributed by atoms with Crippen molar-refractivity contribution in [2.24, 2.45) is 7.05 Å². The van der Waals surface area contributed by atoms with E-state index in [4.69, 9.17) is 10.7 Å². The van der Waals surface area contributed by atoms with Gasteiger partial charge in [-0.25, -0.2) is 14.5 Å². The number of hydrogen-bond donors (Lipinski definition) is 2. The van der Waals surface area contributed by atoms with Crippen LogP contribution in [0.2, 0.25) is 0 Å². The monoisotopic (exact) mass is 529 g/mol. The van der Waals surface area contributed by atoms with Gasteiger partial charge in [-0.3, -0.25) is 18.8 Å². The van der Waals surface area contributed by atoms with Crippen molar-refractivity contribution < 1.29 is 4.79 Å². The lowest BCUT2D eigenvalue weighted by Crippen LogP contribution is -2.33. The lowest BCUT2D eigenvalue weighted by molar-refractivity contribution is 0.0940. The molecule has 11 heteroatoms. The molecule has 4 aromatic heterocycles. The van der Waals surface area contributed by atoms with Gasteiger partial charge >= 0.3 is 0 Å². The van der Waals surface area contributed by atoms with Crippen LogP contribution in [0.5, 0.6) is 0 Å². The van der Waals surface area contributed by atoms with Gasteiger partial charge in [0.05, 0.1) is 34.4 Å². The van der Waals surface area contributed by atoms with Crippen LogP contribution in [0.25, 0.3) is 22.2 Å². The fraction of sp³-hybridized carbons (Fsp3) is 0.103. The molecule has 0 saturated carbocycles. The highest BCUT2D eigenvalue weighted by atomic mass is 16.2. The molecule has 0 aliphatic heterocycles. The summed E-state index contributed by atoms with van der Waals surface area (Å²) in [5.74, 6) is 6.08. The second-order valence-corrected chi connectivity index (χ2v) is 9.14. The molecule has 3 N–H and O–H groups in total. The van der Waals surface area contributed by atoms with Gasteiger partial charge in [-0.05, 0) is 37.3 Å². The van der Waals surface area contributed by atoms with E-state index in [0.29, 0.717) is 33.6 Å². The van der Waals surface area contributed by atoms with Gasteiger partial charge in [0, 0.05) is 31.2 Å². The molecule has 1 atom stereocenters. The molecule has 6 aromatic rings. The Kier molecular flexibility index (Phi) is 6.05. The van der Waals surface area contributed by atoms with E-state index in [9.17, 15) is 9.59 Å². The van der Waals surface area contributed by atoms with Crippen LogP contribution in [-0.2, 0) is 7.05 Å². The van der Waals surface area contributed by atoms with Crippen molar-refractivity contribution in [3.63, 3.8) is 0 Å². The molecule has 0 unspecified atom stereocenters. The summed E-state index contributed by atoms with van der Waals surface area (Å²) in [6.45, 7) is 1.76. The second-order valence-electron chi connectivity index (χ2n) is 9.14. The standard InChI is InChI=1S/C29H23N9O2/c1-18(33-28(39)24-25(30)35-37-15-7-14-31-27(24)37)26-34-22-11-6-8-20(13-12-19-16-32-36(2)17-19)23(22)29(40)38(26)21-9-4-3-5-10-21/h3-11,14-18H,1-2H3,(H2,30,35)(H,33,39)/t18-/m1/s1. The van der Waals surface area contributed by atoms with Crippen LogP contribution < -0.4 is 16.6 Å². The van der Waals surface area contributed by atoms with E-state index in [1.807, 2.05) is 37.4 Å². The van der Waals surface area contributed by atoms with Gasteiger partial charge in [0.2, 0.25) is 0 Å². The number of aryl methyl sites for hydroxylation is 1. The first-order valence-corrected chi connectivity index (χ1v) is 12.4. The van der Waals surface area contributed by atoms with E-state index < -0.39 is 11.9 Å². The molecule has 196 valence electrons. The predicted octanol–water partition coefficient (Wildman–Crippen LogP) is 2.63. The smallest absolute Gasteiger partial charge is 0.267 e. The average Bonchev–Trinajstić information content (AvgIpc) is 3.53. The van der Waals surface area contributed by atoms with Crippen LogP contribution in [0.4, 0.5) is 5.82 Å². The zero-order valence-corrected chi connectivity index (χ0v) is 21.6.